The molecule has 1 aromatic heterocycles. The first kappa shape index (κ1) is 32.7. The van der Waals surface area contributed by atoms with Gasteiger partial charge < -0.3 is 28.4 Å². The largest absolute Gasteiger partial charge is 0.497 e. The van der Waals surface area contributed by atoms with Gasteiger partial charge >= 0.3 is 23.9 Å². The lowest BCUT2D eigenvalue weighted by molar-refractivity contribution is -0.237. The standard InChI is InChI=1S/C29H30N2O11S2/c1-15(32)38-14-23-24(39-16(2)33)25(40-17(3)34)26(41-18(4)35)28(42-23)44-29-30-22(13-21-7-6-12-43-21)27(36)31(29)19-8-10-20(37-5)11-9-19/h6-13,23-26,28H,14H2,1-5H3/b22-13-/t23-,24+,25-,26+,28+/m1/s1. The van der Waals surface area contributed by atoms with E-state index in [0.29, 0.717) is 11.4 Å². The van der Waals surface area contributed by atoms with Gasteiger partial charge in [0, 0.05) is 32.6 Å². The van der Waals surface area contributed by atoms with Gasteiger partial charge in [-0.2, -0.15) is 0 Å². The van der Waals surface area contributed by atoms with E-state index in [4.69, 9.17) is 28.4 Å². The maximum absolute atomic E-state index is 13.7. The third-order valence-corrected chi connectivity index (χ3v) is 8.07. The lowest BCUT2D eigenvalue weighted by atomic mass is 9.99. The third kappa shape index (κ3) is 8.03. The molecule has 4 rings (SSSR count). The number of hydrogen-bond donors (Lipinski definition) is 0. The normalized spacial score (nSPS) is 24.0. The Kier molecular flexibility index (Phi) is 10.8. The minimum absolute atomic E-state index is 0.136. The summed E-state index contributed by atoms with van der Waals surface area (Å²) in [5.41, 5.74) is -0.581. The molecule has 0 bridgehead atoms. The number of thioether (sulfide) groups is 1. The first-order valence-electron chi connectivity index (χ1n) is 13.3. The number of thiophene rings is 1. The summed E-state index contributed by atoms with van der Waals surface area (Å²) in [6.45, 7) is 4.24. The third-order valence-electron chi connectivity index (χ3n) is 6.15. The first-order chi connectivity index (χ1) is 21.0. The number of carbonyl (C=O) groups excluding carboxylic acids is 5. The smallest absolute Gasteiger partial charge is 0.303 e. The predicted octanol–water partition coefficient (Wildman–Crippen LogP) is 3.32. The fourth-order valence-corrected chi connectivity index (χ4v) is 6.28. The SMILES string of the molecule is COc1ccc(N2C(=O)/C(=C/c3cccs3)N=C2S[C@@H]2O[C@H](COC(C)=O)[C@H](OC(C)=O)[C@@H](OC(C)=O)[C@@H]2OC(C)=O)cc1. The van der Waals surface area contributed by atoms with Crippen molar-refractivity contribution in [2.45, 2.75) is 57.5 Å². The molecule has 15 heteroatoms. The van der Waals surface area contributed by atoms with Crippen molar-refractivity contribution >= 4 is 69.8 Å². The van der Waals surface area contributed by atoms with Gasteiger partial charge in [0.15, 0.2) is 28.9 Å². The van der Waals surface area contributed by atoms with E-state index in [1.165, 1.54) is 30.3 Å². The summed E-state index contributed by atoms with van der Waals surface area (Å²) in [4.78, 5) is 68.6. The average Bonchev–Trinajstić information content (AvgIpc) is 3.58. The maximum atomic E-state index is 13.7. The minimum atomic E-state index is -1.36. The zero-order valence-electron chi connectivity index (χ0n) is 24.4. The number of nitrogens with zero attached hydrogens (tertiary/aromatic N) is 2. The zero-order chi connectivity index (χ0) is 32.0. The van der Waals surface area contributed by atoms with E-state index in [-0.39, 0.29) is 17.5 Å². The van der Waals surface area contributed by atoms with Crippen LogP contribution in [0.4, 0.5) is 5.69 Å². The van der Waals surface area contributed by atoms with Crippen LogP contribution < -0.4 is 9.64 Å². The van der Waals surface area contributed by atoms with E-state index in [9.17, 15) is 24.0 Å². The highest BCUT2D eigenvalue weighted by Gasteiger charge is 2.53. The second-order valence-corrected chi connectivity index (χ2v) is 11.5. The Bertz CT molecular complexity index is 1460. The average molecular weight is 647 g/mol. The lowest BCUT2D eigenvalue weighted by Gasteiger charge is -2.44. The molecule has 0 radical (unpaired) electrons. The highest BCUT2D eigenvalue weighted by atomic mass is 32.2. The number of amidine groups is 1. The highest BCUT2D eigenvalue weighted by molar-refractivity contribution is 8.14. The molecule has 0 unspecified atom stereocenters. The van der Waals surface area contributed by atoms with Gasteiger partial charge in [0.25, 0.3) is 5.91 Å². The zero-order valence-corrected chi connectivity index (χ0v) is 26.0. The van der Waals surface area contributed by atoms with Crippen molar-refractivity contribution in [1.82, 2.24) is 0 Å². The molecule has 2 aromatic rings. The molecule has 3 heterocycles. The molecule has 5 atom stereocenters. The van der Waals surface area contributed by atoms with E-state index in [0.717, 1.165) is 37.4 Å². The van der Waals surface area contributed by atoms with Gasteiger partial charge in [0.2, 0.25) is 0 Å². The van der Waals surface area contributed by atoms with Crippen LogP contribution in [0, 0.1) is 0 Å². The minimum Gasteiger partial charge on any atom is -0.497 e. The molecular formula is C29H30N2O11S2. The molecule has 1 fully saturated rings. The Morgan fingerprint density at radius 2 is 1.57 bits per heavy atom. The molecule has 234 valence electrons. The van der Waals surface area contributed by atoms with E-state index >= 15 is 0 Å². The fraction of sp³-hybridized carbons (Fsp3) is 0.379. The molecular weight excluding hydrogens is 616 g/mol. The summed E-state index contributed by atoms with van der Waals surface area (Å²) in [6, 6.07) is 10.4. The Morgan fingerprint density at radius 3 is 2.14 bits per heavy atom. The van der Waals surface area contributed by atoms with Crippen molar-refractivity contribution in [3.63, 3.8) is 0 Å². The number of aliphatic imine (C=N–C) groups is 1. The molecule has 0 N–H and O–H groups in total. The van der Waals surface area contributed by atoms with Gasteiger partial charge in [0.05, 0.1) is 12.8 Å². The summed E-state index contributed by atoms with van der Waals surface area (Å²) in [5.74, 6) is -2.73. The van der Waals surface area contributed by atoms with Crippen LogP contribution in [0.2, 0.25) is 0 Å². The van der Waals surface area contributed by atoms with Crippen LogP contribution in [0.3, 0.4) is 0 Å². The molecule has 0 spiro atoms. The van der Waals surface area contributed by atoms with Crippen molar-refractivity contribution in [2.24, 2.45) is 4.99 Å². The van der Waals surface area contributed by atoms with Crippen LogP contribution in [0.15, 0.2) is 52.5 Å². The number of hydrogen-bond acceptors (Lipinski definition) is 14. The Balaban J connectivity index is 1.78. The number of rotatable bonds is 9. The number of carbonyl (C=O) groups is 5. The van der Waals surface area contributed by atoms with Crippen LogP contribution in [0.25, 0.3) is 6.08 Å². The fourth-order valence-electron chi connectivity index (χ4n) is 4.43. The van der Waals surface area contributed by atoms with Crippen molar-refractivity contribution in [1.29, 1.82) is 0 Å². The predicted molar refractivity (Wildman–Crippen MR) is 160 cm³/mol. The van der Waals surface area contributed by atoms with Gasteiger partial charge in [-0.3, -0.25) is 28.9 Å². The number of methoxy groups -OCH3 is 1. The van der Waals surface area contributed by atoms with E-state index in [1.54, 1.807) is 30.3 Å². The van der Waals surface area contributed by atoms with E-state index in [2.05, 4.69) is 4.99 Å². The van der Waals surface area contributed by atoms with Gasteiger partial charge in [-0.1, -0.05) is 17.8 Å². The summed E-state index contributed by atoms with van der Waals surface area (Å²) in [5, 5.41) is 2.02. The number of esters is 4. The van der Waals surface area contributed by atoms with E-state index in [1.807, 2.05) is 17.5 Å². The van der Waals surface area contributed by atoms with Crippen LogP contribution >= 0.6 is 23.1 Å². The summed E-state index contributed by atoms with van der Waals surface area (Å²) in [7, 11) is 1.52. The van der Waals surface area contributed by atoms with Gasteiger partial charge in [0.1, 0.15) is 24.2 Å². The number of benzene rings is 1. The molecule has 2 aliphatic heterocycles. The number of amides is 1. The first-order valence-corrected chi connectivity index (χ1v) is 15.0. The number of ether oxygens (including phenoxy) is 6. The maximum Gasteiger partial charge on any atom is 0.303 e. The molecule has 1 aromatic carbocycles. The summed E-state index contributed by atoms with van der Waals surface area (Å²) < 4.78 is 33.2. The van der Waals surface area contributed by atoms with Crippen LogP contribution in [-0.4, -0.2) is 78.5 Å². The van der Waals surface area contributed by atoms with Crippen molar-refractivity contribution < 1.29 is 52.4 Å². The van der Waals surface area contributed by atoms with Gasteiger partial charge in [-0.15, -0.1) is 11.3 Å². The van der Waals surface area contributed by atoms with Gasteiger partial charge in [-0.25, -0.2) is 4.99 Å². The lowest BCUT2D eigenvalue weighted by Crippen LogP contribution is -2.61. The van der Waals surface area contributed by atoms with Crippen molar-refractivity contribution in [3.05, 3.63) is 52.4 Å². The Hall–Kier alpha value is -4.21. The molecule has 2 aliphatic rings. The van der Waals surface area contributed by atoms with Crippen LogP contribution in [0.5, 0.6) is 5.75 Å². The highest BCUT2D eigenvalue weighted by Crippen LogP contribution is 2.39. The quantitative estimate of drug-likeness (QED) is 0.223. The molecule has 44 heavy (non-hydrogen) atoms. The number of anilines is 1. The Labute approximate surface area is 261 Å². The summed E-state index contributed by atoms with van der Waals surface area (Å²) in [6.07, 6.45) is -3.51. The van der Waals surface area contributed by atoms with Crippen LogP contribution in [-0.2, 0) is 47.7 Å². The molecule has 1 saturated heterocycles. The molecule has 1 amide bonds. The van der Waals surface area contributed by atoms with Crippen LogP contribution in [0.1, 0.15) is 32.6 Å². The Morgan fingerprint density at radius 1 is 0.932 bits per heavy atom. The molecule has 13 nitrogen and oxygen atoms in total. The second kappa shape index (κ2) is 14.5. The topological polar surface area (TPSA) is 156 Å². The second-order valence-electron chi connectivity index (χ2n) is 9.46. The molecule has 0 aliphatic carbocycles. The van der Waals surface area contributed by atoms with Crippen molar-refractivity contribution in [3.8, 4) is 5.75 Å². The molecule has 0 saturated carbocycles. The van der Waals surface area contributed by atoms with Gasteiger partial charge in [-0.05, 0) is 41.8 Å². The van der Waals surface area contributed by atoms with E-state index < -0.39 is 59.6 Å². The summed E-state index contributed by atoms with van der Waals surface area (Å²) >= 11 is 2.34. The van der Waals surface area contributed by atoms with Crippen molar-refractivity contribution in [2.75, 3.05) is 18.6 Å². The monoisotopic (exact) mass is 646 g/mol.